The Morgan fingerprint density at radius 2 is 1.43 bits per heavy atom. The second-order valence-electron chi connectivity index (χ2n) is 16.7. The first-order valence-electron chi connectivity index (χ1n) is 20.3. The van der Waals surface area contributed by atoms with Crippen LogP contribution < -0.4 is 15.1 Å². The third-order valence-corrected chi connectivity index (χ3v) is 13.6. The van der Waals surface area contributed by atoms with Crippen LogP contribution in [0.4, 0.5) is 11.4 Å². The first-order valence-corrected chi connectivity index (χ1v) is 20.3. The Morgan fingerprint density at radius 3 is 2.19 bits per heavy atom. The van der Waals surface area contributed by atoms with E-state index in [1.807, 2.05) is 18.2 Å². The van der Waals surface area contributed by atoms with E-state index in [4.69, 9.17) is 0 Å². The number of nitrogens with zero attached hydrogens (tertiary/aromatic N) is 4. The van der Waals surface area contributed by atoms with Crippen LogP contribution in [0.2, 0.25) is 0 Å². The SMILES string of the molecule is O=C1CCC(N2Cc3cc(N4CCN(CC5CCN(c6ccc([C@H]7c8ccc(O)cc8CC[C@H]7C7CCCC7)cc6)CC5)CC4)ccc3C2=O)C(=O)N1. The van der Waals surface area contributed by atoms with Crippen molar-refractivity contribution in [3.8, 4) is 5.75 Å². The Balaban J connectivity index is 0.771. The maximum Gasteiger partial charge on any atom is 0.255 e. The van der Waals surface area contributed by atoms with Gasteiger partial charge in [0.05, 0.1) is 0 Å². The molecule has 1 unspecified atom stereocenters. The largest absolute Gasteiger partial charge is 0.508 e. The summed E-state index contributed by atoms with van der Waals surface area (Å²) in [5, 5.41) is 12.6. The van der Waals surface area contributed by atoms with Crippen molar-refractivity contribution >= 4 is 29.1 Å². The summed E-state index contributed by atoms with van der Waals surface area (Å²) in [7, 11) is 0. The van der Waals surface area contributed by atoms with Gasteiger partial charge in [0.25, 0.3) is 5.91 Å². The predicted octanol–water partition coefficient (Wildman–Crippen LogP) is 6.08. The number of hydrogen-bond acceptors (Lipinski definition) is 7. The van der Waals surface area contributed by atoms with Crippen molar-refractivity contribution in [2.45, 2.75) is 82.7 Å². The summed E-state index contributed by atoms with van der Waals surface area (Å²) in [5.41, 5.74) is 8.33. The van der Waals surface area contributed by atoms with Gasteiger partial charge < -0.3 is 19.8 Å². The molecule has 9 rings (SSSR count). The Morgan fingerprint density at radius 1 is 0.698 bits per heavy atom. The first-order chi connectivity index (χ1) is 25.9. The number of phenols is 1. The normalized spacial score (nSPS) is 25.8. The fraction of sp³-hybridized carbons (Fsp3) is 0.523. The highest BCUT2D eigenvalue weighted by atomic mass is 16.3. The highest BCUT2D eigenvalue weighted by Gasteiger charge is 2.40. The standard InChI is InChI=1S/C44H53N5O4/c50-36-11-14-38-32(26-36)7-12-37(30-3-1-2-4-30)42(38)31-5-8-34(9-6-31)47-19-17-29(18-20-47)27-46-21-23-48(24-22-46)35-10-13-39-33(25-35)28-49(44(39)53)40-15-16-41(51)45-43(40)52/h5-6,8-11,13-14,25-26,29-30,37,40,42,50H,1-4,7,12,15-24,27-28H2,(H,45,51,52)/t37-,40?,42+/m0/s1. The van der Waals surface area contributed by atoms with Gasteiger partial charge in [-0.25, -0.2) is 0 Å². The lowest BCUT2D eigenvalue weighted by Crippen LogP contribution is -2.52. The van der Waals surface area contributed by atoms with Crippen LogP contribution in [0.3, 0.4) is 0 Å². The summed E-state index contributed by atoms with van der Waals surface area (Å²) in [4.78, 5) is 46.5. The van der Waals surface area contributed by atoms with Gasteiger partial charge in [-0.3, -0.25) is 24.6 Å². The summed E-state index contributed by atoms with van der Waals surface area (Å²) in [6, 6.07) is 21.2. The van der Waals surface area contributed by atoms with Crippen molar-refractivity contribution in [1.82, 2.24) is 15.1 Å². The second-order valence-corrected chi connectivity index (χ2v) is 16.7. The van der Waals surface area contributed by atoms with Crippen LogP contribution in [0.5, 0.6) is 5.75 Å². The summed E-state index contributed by atoms with van der Waals surface area (Å²) >= 11 is 0. The van der Waals surface area contributed by atoms with Crippen molar-refractivity contribution in [2.75, 3.05) is 55.6 Å². The highest BCUT2D eigenvalue weighted by molar-refractivity contribution is 6.05. The maximum atomic E-state index is 13.1. The molecule has 3 atom stereocenters. The number of carbonyl (C=O) groups is 3. The number of piperazine rings is 1. The van der Waals surface area contributed by atoms with Crippen LogP contribution in [0.15, 0.2) is 60.7 Å². The summed E-state index contributed by atoms with van der Waals surface area (Å²) in [6.07, 6.45) is 10.9. The van der Waals surface area contributed by atoms with E-state index in [9.17, 15) is 19.5 Å². The molecule has 3 amide bonds. The van der Waals surface area contributed by atoms with Crippen molar-refractivity contribution < 1.29 is 19.5 Å². The average molecular weight is 716 g/mol. The monoisotopic (exact) mass is 715 g/mol. The van der Waals surface area contributed by atoms with Gasteiger partial charge in [0, 0.05) is 81.6 Å². The number of fused-ring (bicyclic) bond motifs is 2. The Bertz CT molecular complexity index is 1860. The second kappa shape index (κ2) is 14.5. The molecular formula is C44H53N5O4. The number of amides is 3. The first kappa shape index (κ1) is 34.4. The van der Waals surface area contributed by atoms with E-state index in [2.05, 4.69) is 62.5 Å². The smallest absolute Gasteiger partial charge is 0.255 e. The number of imide groups is 1. The van der Waals surface area contributed by atoms with Gasteiger partial charge in [0.2, 0.25) is 11.8 Å². The van der Waals surface area contributed by atoms with Gasteiger partial charge >= 0.3 is 0 Å². The third kappa shape index (κ3) is 6.82. The zero-order valence-corrected chi connectivity index (χ0v) is 30.8. The molecule has 0 radical (unpaired) electrons. The number of aryl methyl sites for hydroxylation is 1. The lowest BCUT2D eigenvalue weighted by molar-refractivity contribution is -0.136. The molecule has 6 aliphatic rings. The average Bonchev–Trinajstić information content (AvgIpc) is 3.83. The number of hydrogen-bond donors (Lipinski definition) is 2. The molecule has 3 saturated heterocycles. The van der Waals surface area contributed by atoms with Gasteiger partial charge in [-0.1, -0.05) is 43.9 Å². The number of anilines is 2. The van der Waals surface area contributed by atoms with Crippen molar-refractivity contribution in [3.63, 3.8) is 0 Å². The number of benzene rings is 3. The summed E-state index contributed by atoms with van der Waals surface area (Å²) in [5.74, 6) is 2.28. The number of carbonyl (C=O) groups excluding carboxylic acids is 3. The Kier molecular flexibility index (Phi) is 9.39. The predicted molar refractivity (Wildman–Crippen MR) is 206 cm³/mol. The van der Waals surface area contributed by atoms with E-state index in [-0.39, 0.29) is 24.1 Å². The number of piperidine rings is 2. The van der Waals surface area contributed by atoms with E-state index in [0.29, 0.717) is 42.0 Å². The number of aromatic hydroxyl groups is 1. The fourth-order valence-corrected chi connectivity index (χ4v) is 10.7. The molecule has 9 heteroatoms. The molecule has 2 N–H and O–H groups in total. The fourth-order valence-electron chi connectivity index (χ4n) is 10.7. The van der Waals surface area contributed by atoms with Gasteiger partial charge in [-0.15, -0.1) is 0 Å². The van der Waals surface area contributed by atoms with E-state index in [1.165, 1.54) is 67.3 Å². The molecule has 0 spiro atoms. The molecule has 4 heterocycles. The molecule has 2 aliphatic carbocycles. The topological polar surface area (TPSA) is 96.4 Å². The maximum absolute atomic E-state index is 13.1. The minimum absolute atomic E-state index is 0.116. The molecule has 4 aliphatic heterocycles. The Hall–Kier alpha value is -4.37. The molecule has 3 aromatic carbocycles. The van der Waals surface area contributed by atoms with Gasteiger partial charge in [0.15, 0.2) is 0 Å². The van der Waals surface area contributed by atoms with Crippen LogP contribution in [-0.4, -0.2) is 84.5 Å². The van der Waals surface area contributed by atoms with Crippen molar-refractivity contribution in [3.05, 3.63) is 88.5 Å². The van der Waals surface area contributed by atoms with E-state index in [1.54, 1.807) is 4.90 Å². The molecule has 4 fully saturated rings. The highest BCUT2D eigenvalue weighted by Crippen LogP contribution is 2.49. The lowest BCUT2D eigenvalue weighted by atomic mass is 9.66. The number of rotatable bonds is 7. The van der Waals surface area contributed by atoms with Crippen molar-refractivity contribution in [2.24, 2.45) is 17.8 Å². The summed E-state index contributed by atoms with van der Waals surface area (Å²) in [6.45, 7) is 7.76. The van der Waals surface area contributed by atoms with Crippen LogP contribution >= 0.6 is 0 Å². The minimum atomic E-state index is -0.580. The van der Waals surface area contributed by atoms with Crippen LogP contribution in [-0.2, 0) is 22.6 Å². The molecule has 0 aromatic heterocycles. The number of phenolic OH excluding ortho intramolecular Hbond substituents is 1. The summed E-state index contributed by atoms with van der Waals surface area (Å²) < 4.78 is 0. The van der Waals surface area contributed by atoms with Crippen LogP contribution in [0, 0.1) is 17.8 Å². The Labute approximate surface area is 313 Å². The molecule has 53 heavy (non-hydrogen) atoms. The van der Waals surface area contributed by atoms with Gasteiger partial charge in [-0.2, -0.15) is 0 Å². The molecule has 1 saturated carbocycles. The van der Waals surface area contributed by atoms with E-state index < -0.39 is 6.04 Å². The molecule has 3 aromatic rings. The van der Waals surface area contributed by atoms with E-state index in [0.717, 1.165) is 69.4 Å². The van der Waals surface area contributed by atoms with Gasteiger partial charge in [0.1, 0.15) is 11.8 Å². The third-order valence-electron chi connectivity index (χ3n) is 13.6. The molecule has 278 valence electrons. The zero-order valence-electron chi connectivity index (χ0n) is 30.8. The van der Waals surface area contributed by atoms with Gasteiger partial charge in [-0.05, 0) is 115 Å². The number of nitrogens with one attached hydrogen (secondary N) is 1. The minimum Gasteiger partial charge on any atom is -0.508 e. The van der Waals surface area contributed by atoms with Crippen molar-refractivity contribution in [1.29, 1.82) is 0 Å². The zero-order chi connectivity index (χ0) is 36.1. The molecular weight excluding hydrogens is 663 g/mol. The molecule has 0 bridgehead atoms. The quantitative estimate of drug-likeness (QED) is 0.287. The van der Waals surface area contributed by atoms with Crippen LogP contribution in [0.1, 0.15) is 96.3 Å². The molecule has 9 nitrogen and oxygen atoms in total. The van der Waals surface area contributed by atoms with E-state index >= 15 is 0 Å². The lowest BCUT2D eigenvalue weighted by Gasteiger charge is -2.40. The van der Waals surface area contributed by atoms with Crippen LogP contribution in [0.25, 0.3) is 0 Å².